The number of aryl methyl sites for hydroxylation is 1. The largest absolute Gasteiger partial charge is 0.508 e. The Kier molecular flexibility index (Phi) is 11.7. The van der Waals surface area contributed by atoms with Gasteiger partial charge in [0.05, 0.1) is 19.8 Å². The molecule has 1 aromatic carbocycles. The van der Waals surface area contributed by atoms with E-state index in [0.717, 1.165) is 6.07 Å². The van der Waals surface area contributed by atoms with Gasteiger partial charge in [-0.1, -0.05) is 26.1 Å². The minimum Gasteiger partial charge on any atom is -0.508 e. The standard InChI is InChI=1S/C20H25F3O3.C2H4/c1-12(14(3)19(22)20(23)15(4)25-5)11-26-13(2)6-7-16-8-9-17(24)10-18(16)21;1-2/h8-10,12-13,24H,3-4,6-7,11H2,1-2,5H3;1-2H2/b20-19-;. The Balaban J connectivity index is 0.00000352. The molecule has 3 nitrogen and oxygen atoms in total. The van der Waals surface area contributed by atoms with Crippen molar-refractivity contribution in [3.05, 3.63) is 78.9 Å². The van der Waals surface area contributed by atoms with Crippen LogP contribution in [-0.4, -0.2) is 24.9 Å². The fraction of sp³-hybridized carbons (Fsp3) is 0.364. The van der Waals surface area contributed by atoms with E-state index >= 15 is 0 Å². The first kappa shape index (κ1) is 25.5. The second-order valence-electron chi connectivity index (χ2n) is 6.14. The number of benzene rings is 1. The average molecular weight is 398 g/mol. The SMILES string of the molecule is C=C.C=C(OC)/C(F)=C(/F)C(=C)C(C)COC(C)CCc1ccc(O)cc1F. The van der Waals surface area contributed by atoms with Crippen LogP contribution in [0.4, 0.5) is 13.2 Å². The molecule has 1 aromatic rings. The Morgan fingerprint density at radius 2 is 1.75 bits per heavy atom. The Morgan fingerprint density at radius 1 is 1.14 bits per heavy atom. The molecule has 2 atom stereocenters. The molecular weight excluding hydrogens is 369 g/mol. The third-order valence-corrected chi connectivity index (χ3v) is 4.05. The van der Waals surface area contributed by atoms with E-state index in [0.29, 0.717) is 18.4 Å². The Bertz CT molecular complexity index is 698. The molecule has 1 N–H and O–H groups in total. The highest BCUT2D eigenvalue weighted by Gasteiger charge is 2.19. The third kappa shape index (κ3) is 8.05. The predicted molar refractivity (Wildman–Crippen MR) is 107 cm³/mol. The smallest absolute Gasteiger partial charge is 0.200 e. The van der Waals surface area contributed by atoms with E-state index in [2.05, 4.69) is 31.1 Å². The van der Waals surface area contributed by atoms with E-state index in [1.807, 2.05) is 6.92 Å². The molecule has 1 rings (SSSR count). The first-order chi connectivity index (χ1) is 13.2. The van der Waals surface area contributed by atoms with Crippen LogP contribution in [0.1, 0.15) is 25.8 Å². The molecule has 6 heteroatoms. The van der Waals surface area contributed by atoms with Crippen molar-refractivity contribution in [1.82, 2.24) is 0 Å². The third-order valence-electron chi connectivity index (χ3n) is 4.05. The maximum atomic E-state index is 14.0. The highest BCUT2D eigenvalue weighted by molar-refractivity contribution is 5.33. The average Bonchev–Trinajstić information content (AvgIpc) is 2.70. The topological polar surface area (TPSA) is 38.7 Å². The molecule has 0 radical (unpaired) electrons. The van der Waals surface area contributed by atoms with Gasteiger partial charge in [0, 0.05) is 12.0 Å². The van der Waals surface area contributed by atoms with Crippen molar-refractivity contribution in [2.45, 2.75) is 32.8 Å². The number of aromatic hydroxyl groups is 1. The zero-order valence-corrected chi connectivity index (χ0v) is 16.7. The minimum atomic E-state index is -1.18. The second-order valence-corrected chi connectivity index (χ2v) is 6.14. The molecule has 0 aliphatic rings. The van der Waals surface area contributed by atoms with Crippen LogP contribution in [-0.2, 0) is 15.9 Å². The van der Waals surface area contributed by atoms with Gasteiger partial charge in [-0.05, 0) is 37.0 Å². The fourth-order valence-corrected chi connectivity index (χ4v) is 2.16. The predicted octanol–water partition coefficient (Wildman–Crippen LogP) is 6.17. The van der Waals surface area contributed by atoms with Crippen LogP contribution in [0.15, 0.2) is 67.5 Å². The molecule has 0 spiro atoms. The van der Waals surface area contributed by atoms with Crippen molar-refractivity contribution in [2.75, 3.05) is 13.7 Å². The highest BCUT2D eigenvalue weighted by atomic mass is 19.2. The van der Waals surface area contributed by atoms with Gasteiger partial charge in [-0.3, -0.25) is 0 Å². The van der Waals surface area contributed by atoms with Crippen molar-refractivity contribution in [3.8, 4) is 5.75 Å². The number of phenolic OH excluding ortho intramolecular Hbond substituents is 1. The minimum absolute atomic E-state index is 0.0440. The molecule has 0 aliphatic heterocycles. The summed E-state index contributed by atoms with van der Waals surface area (Å²) in [4.78, 5) is 0. The van der Waals surface area contributed by atoms with Crippen molar-refractivity contribution in [3.63, 3.8) is 0 Å². The van der Waals surface area contributed by atoms with E-state index in [4.69, 9.17) is 4.74 Å². The molecule has 28 heavy (non-hydrogen) atoms. The fourth-order valence-electron chi connectivity index (χ4n) is 2.16. The lowest BCUT2D eigenvalue weighted by Crippen LogP contribution is -2.16. The molecule has 0 aromatic heterocycles. The van der Waals surface area contributed by atoms with Gasteiger partial charge in [-0.2, -0.15) is 4.39 Å². The van der Waals surface area contributed by atoms with Crippen LogP contribution in [0.2, 0.25) is 0 Å². The van der Waals surface area contributed by atoms with Crippen LogP contribution >= 0.6 is 0 Å². The lowest BCUT2D eigenvalue weighted by molar-refractivity contribution is 0.0456. The van der Waals surface area contributed by atoms with Crippen molar-refractivity contribution in [2.24, 2.45) is 5.92 Å². The zero-order valence-electron chi connectivity index (χ0n) is 16.7. The number of hydrogen-bond donors (Lipinski definition) is 1. The number of phenols is 1. The summed E-state index contributed by atoms with van der Waals surface area (Å²) in [6.07, 6.45) is 0.747. The van der Waals surface area contributed by atoms with Gasteiger partial charge in [0.2, 0.25) is 0 Å². The molecule has 0 saturated heterocycles. The molecule has 0 heterocycles. The van der Waals surface area contributed by atoms with Gasteiger partial charge in [-0.15, -0.1) is 13.2 Å². The van der Waals surface area contributed by atoms with Crippen molar-refractivity contribution in [1.29, 1.82) is 0 Å². The van der Waals surface area contributed by atoms with Gasteiger partial charge < -0.3 is 14.6 Å². The lowest BCUT2D eigenvalue weighted by Gasteiger charge is -2.18. The van der Waals surface area contributed by atoms with E-state index in [1.54, 1.807) is 6.92 Å². The van der Waals surface area contributed by atoms with Crippen LogP contribution < -0.4 is 0 Å². The normalized spacial score (nSPS) is 13.5. The van der Waals surface area contributed by atoms with Crippen molar-refractivity contribution < 1.29 is 27.8 Å². The summed E-state index contributed by atoms with van der Waals surface area (Å²) in [7, 11) is 1.20. The number of halogens is 3. The van der Waals surface area contributed by atoms with Crippen LogP contribution in [0.5, 0.6) is 5.75 Å². The highest BCUT2D eigenvalue weighted by Crippen LogP contribution is 2.27. The molecule has 0 aliphatic carbocycles. The molecular formula is C22H29F3O3. The number of rotatable bonds is 10. The van der Waals surface area contributed by atoms with Crippen LogP contribution in [0, 0.1) is 11.7 Å². The lowest BCUT2D eigenvalue weighted by atomic mass is 10.0. The first-order valence-electron chi connectivity index (χ1n) is 8.74. The van der Waals surface area contributed by atoms with Crippen LogP contribution in [0.25, 0.3) is 0 Å². The Labute approximate surface area is 165 Å². The monoisotopic (exact) mass is 398 g/mol. The molecule has 2 unspecified atom stereocenters. The van der Waals surface area contributed by atoms with Crippen molar-refractivity contribution >= 4 is 0 Å². The van der Waals surface area contributed by atoms with Gasteiger partial charge >= 0.3 is 0 Å². The van der Waals surface area contributed by atoms with Crippen LogP contribution in [0.3, 0.4) is 0 Å². The summed E-state index contributed by atoms with van der Waals surface area (Å²) in [5.41, 5.74) is 0.433. The number of ether oxygens (including phenoxy) is 2. The maximum Gasteiger partial charge on any atom is 0.200 e. The van der Waals surface area contributed by atoms with Gasteiger partial charge in [-0.25, -0.2) is 8.78 Å². The van der Waals surface area contributed by atoms with E-state index in [1.165, 1.54) is 19.2 Å². The summed E-state index contributed by atoms with van der Waals surface area (Å²) >= 11 is 0. The summed E-state index contributed by atoms with van der Waals surface area (Å²) in [6, 6.07) is 4.01. The maximum absolute atomic E-state index is 14.0. The molecule has 0 fully saturated rings. The summed E-state index contributed by atoms with van der Waals surface area (Å²) in [6.45, 7) is 16.4. The summed E-state index contributed by atoms with van der Waals surface area (Å²) in [5.74, 6) is -3.74. The van der Waals surface area contributed by atoms with Gasteiger partial charge in [0.15, 0.2) is 11.7 Å². The number of allylic oxidation sites excluding steroid dienone is 2. The molecule has 0 saturated carbocycles. The van der Waals surface area contributed by atoms with Gasteiger partial charge in [0.1, 0.15) is 17.3 Å². The Hall–Kier alpha value is -2.47. The van der Waals surface area contributed by atoms with Gasteiger partial charge in [0.25, 0.3) is 0 Å². The quantitative estimate of drug-likeness (QED) is 0.291. The second kappa shape index (κ2) is 12.8. The van der Waals surface area contributed by atoms with E-state index in [-0.39, 0.29) is 24.0 Å². The summed E-state index contributed by atoms with van der Waals surface area (Å²) in [5, 5.41) is 9.20. The molecule has 156 valence electrons. The summed E-state index contributed by atoms with van der Waals surface area (Å²) < 4.78 is 51.6. The number of methoxy groups -OCH3 is 1. The first-order valence-corrected chi connectivity index (χ1v) is 8.74. The van der Waals surface area contributed by atoms with E-state index < -0.39 is 29.1 Å². The molecule has 0 bridgehead atoms. The zero-order chi connectivity index (χ0) is 21.9. The number of hydrogen-bond acceptors (Lipinski definition) is 3. The Morgan fingerprint density at radius 3 is 2.29 bits per heavy atom. The molecule has 0 amide bonds. The van der Waals surface area contributed by atoms with E-state index in [9.17, 15) is 18.3 Å².